The van der Waals surface area contributed by atoms with Crippen molar-refractivity contribution >= 4 is 11.6 Å². The average molecular weight is 174 g/mol. The van der Waals surface area contributed by atoms with Crippen LogP contribution in [-0.2, 0) is 4.74 Å². The van der Waals surface area contributed by atoms with Gasteiger partial charge in [0.1, 0.15) is 5.75 Å². The second kappa shape index (κ2) is 4.16. The van der Waals surface area contributed by atoms with Crippen molar-refractivity contribution in [1.29, 1.82) is 0 Å². The summed E-state index contributed by atoms with van der Waals surface area (Å²) >= 11 is 5.64. The number of hydrogen-bond acceptors (Lipinski definition) is 3. The molecule has 0 unspecified atom stereocenters. The average Bonchev–Trinajstić information content (AvgIpc) is 2.01. The highest BCUT2D eigenvalue weighted by molar-refractivity contribution is 6.30. The molecule has 0 aliphatic heterocycles. The van der Waals surface area contributed by atoms with Crippen molar-refractivity contribution in [1.82, 2.24) is 4.98 Å². The van der Waals surface area contributed by atoms with Crippen LogP contribution in [0.5, 0.6) is 5.75 Å². The van der Waals surface area contributed by atoms with E-state index >= 15 is 0 Å². The second-order valence-electron chi connectivity index (χ2n) is 1.89. The molecule has 1 aromatic rings. The van der Waals surface area contributed by atoms with Crippen LogP contribution < -0.4 is 4.74 Å². The maximum Gasteiger partial charge on any atom is 0.188 e. The summed E-state index contributed by atoms with van der Waals surface area (Å²) in [5.74, 6) is 0.611. The van der Waals surface area contributed by atoms with E-state index in [2.05, 4.69) is 4.98 Å². The fourth-order valence-electron chi connectivity index (χ4n) is 0.598. The van der Waals surface area contributed by atoms with Crippen molar-refractivity contribution in [3.63, 3.8) is 0 Å². The monoisotopic (exact) mass is 173 g/mol. The lowest BCUT2D eigenvalue weighted by molar-refractivity contribution is 0.0509. The first-order chi connectivity index (χ1) is 5.33. The number of ether oxygens (including phenoxy) is 2. The van der Waals surface area contributed by atoms with E-state index in [1.807, 2.05) is 0 Å². The fraction of sp³-hybridized carbons (Fsp3) is 0.286. The molecular formula is C7H8ClNO2. The molecule has 0 aliphatic rings. The van der Waals surface area contributed by atoms with Crippen molar-refractivity contribution in [3.8, 4) is 5.75 Å². The first-order valence-electron chi connectivity index (χ1n) is 3.05. The molecular weight excluding hydrogens is 166 g/mol. The van der Waals surface area contributed by atoms with Crippen LogP contribution in [0.25, 0.3) is 0 Å². The van der Waals surface area contributed by atoms with Gasteiger partial charge in [0.25, 0.3) is 0 Å². The first-order valence-corrected chi connectivity index (χ1v) is 3.43. The van der Waals surface area contributed by atoms with Gasteiger partial charge in [-0.15, -0.1) is 0 Å². The first kappa shape index (κ1) is 8.30. The van der Waals surface area contributed by atoms with E-state index in [0.717, 1.165) is 0 Å². The third-order valence-electron chi connectivity index (χ3n) is 1.02. The Bertz CT molecular complexity index is 229. The van der Waals surface area contributed by atoms with Crippen molar-refractivity contribution in [2.24, 2.45) is 0 Å². The Labute approximate surface area is 69.9 Å². The summed E-state index contributed by atoms with van der Waals surface area (Å²) in [4.78, 5) is 3.82. The minimum Gasteiger partial charge on any atom is -0.466 e. The van der Waals surface area contributed by atoms with Crippen LogP contribution in [0.2, 0.25) is 5.02 Å². The molecule has 11 heavy (non-hydrogen) atoms. The third-order valence-corrected chi connectivity index (χ3v) is 1.23. The molecule has 4 heteroatoms. The highest BCUT2D eigenvalue weighted by atomic mass is 35.5. The predicted octanol–water partition coefficient (Wildman–Crippen LogP) is 1.72. The molecule has 0 atom stereocenters. The van der Waals surface area contributed by atoms with Gasteiger partial charge in [0.05, 0.1) is 11.2 Å². The maximum absolute atomic E-state index is 5.64. The standard InChI is InChI=1S/C7H8ClNO2/c1-10-5-11-7-2-6(8)3-9-4-7/h2-4H,5H2,1H3. The minimum absolute atomic E-state index is 0.210. The molecule has 0 radical (unpaired) electrons. The molecule has 0 amide bonds. The molecule has 0 N–H and O–H groups in total. The molecule has 1 heterocycles. The number of aromatic nitrogens is 1. The Hall–Kier alpha value is -0.800. The zero-order valence-corrected chi connectivity index (χ0v) is 6.84. The zero-order chi connectivity index (χ0) is 8.10. The molecule has 0 aliphatic carbocycles. The molecule has 1 rings (SSSR count). The van der Waals surface area contributed by atoms with Crippen molar-refractivity contribution in [2.75, 3.05) is 13.9 Å². The van der Waals surface area contributed by atoms with Crippen molar-refractivity contribution in [2.45, 2.75) is 0 Å². The summed E-state index contributed by atoms with van der Waals surface area (Å²) in [7, 11) is 1.55. The van der Waals surface area contributed by atoms with Gasteiger partial charge in [-0.25, -0.2) is 0 Å². The zero-order valence-electron chi connectivity index (χ0n) is 6.08. The lowest BCUT2D eigenvalue weighted by Gasteiger charge is -2.02. The van der Waals surface area contributed by atoms with E-state index in [-0.39, 0.29) is 6.79 Å². The van der Waals surface area contributed by atoms with Crippen LogP contribution in [0.4, 0.5) is 0 Å². The Morgan fingerprint density at radius 3 is 3.00 bits per heavy atom. The molecule has 0 aromatic carbocycles. The van der Waals surface area contributed by atoms with Gasteiger partial charge in [-0.3, -0.25) is 4.98 Å². The summed E-state index contributed by atoms with van der Waals surface area (Å²) in [6, 6.07) is 1.67. The molecule has 0 bridgehead atoms. The van der Waals surface area contributed by atoms with E-state index in [0.29, 0.717) is 10.8 Å². The Morgan fingerprint density at radius 2 is 2.36 bits per heavy atom. The molecule has 60 valence electrons. The Kier molecular flexibility index (Phi) is 3.14. The lowest BCUT2D eigenvalue weighted by atomic mass is 10.5. The number of hydrogen-bond donors (Lipinski definition) is 0. The molecule has 0 saturated carbocycles. The van der Waals surface area contributed by atoms with Gasteiger partial charge in [0.15, 0.2) is 6.79 Å². The molecule has 1 aromatic heterocycles. The fourth-order valence-corrected chi connectivity index (χ4v) is 0.762. The maximum atomic E-state index is 5.64. The summed E-state index contributed by atoms with van der Waals surface area (Å²) < 4.78 is 9.76. The Morgan fingerprint density at radius 1 is 1.55 bits per heavy atom. The third kappa shape index (κ3) is 2.74. The van der Waals surface area contributed by atoms with Crippen LogP contribution in [0.3, 0.4) is 0 Å². The van der Waals surface area contributed by atoms with Gasteiger partial charge >= 0.3 is 0 Å². The lowest BCUT2D eigenvalue weighted by Crippen LogP contribution is -1.98. The number of methoxy groups -OCH3 is 1. The van der Waals surface area contributed by atoms with E-state index in [4.69, 9.17) is 21.1 Å². The van der Waals surface area contributed by atoms with Gasteiger partial charge in [-0.2, -0.15) is 0 Å². The highest BCUT2D eigenvalue weighted by Gasteiger charge is 1.93. The predicted molar refractivity (Wildman–Crippen MR) is 41.8 cm³/mol. The molecule has 0 fully saturated rings. The van der Waals surface area contributed by atoms with Crippen molar-refractivity contribution in [3.05, 3.63) is 23.5 Å². The summed E-state index contributed by atoms with van der Waals surface area (Å²) in [5.41, 5.74) is 0. The van der Waals surface area contributed by atoms with Crippen LogP contribution in [0, 0.1) is 0 Å². The summed E-state index contributed by atoms with van der Waals surface area (Å²) in [6.45, 7) is 0.210. The molecule has 0 saturated heterocycles. The number of pyridine rings is 1. The number of halogens is 1. The van der Waals surface area contributed by atoms with Gasteiger partial charge in [-0.1, -0.05) is 11.6 Å². The molecule has 0 spiro atoms. The van der Waals surface area contributed by atoms with E-state index in [1.54, 1.807) is 25.6 Å². The topological polar surface area (TPSA) is 31.4 Å². The van der Waals surface area contributed by atoms with Crippen LogP contribution >= 0.6 is 11.6 Å². The van der Waals surface area contributed by atoms with Crippen LogP contribution in [-0.4, -0.2) is 18.9 Å². The number of nitrogens with zero attached hydrogens (tertiary/aromatic N) is 1. The van der Waals surface area contributed by atoms with E-state index < -0.39 is 0 Å². The van der Waals surface area contributed by atoms with Crippen LogP contribution in [0.1, 0.15) is 0 Å². The summed E-state index contributed by atoms with van der Waals surface area (Å²) in [6.07, 6.45) is 3.12. The minimum atomic E-state index is 0.210. The van der Waals surface area contributed by atoms with Gasteiger partial charge in [0.2, 0.25) is 0 Å². The second-order valence-corrected chi connectivity index (χ2v) is 2.33. The Balaban J connectivity index is 2.56. The smallest absolute Gasteiger partial charge is 0.188 e. The SMILES string of the molecule is COCOc1cncc(Cl)c1. The highest BCUT2D eigenvalue weighted by Crippen LogP contribution is 2.14. The van der Waals surface area contributed by atoms with Gasteiger partial charge in [0, 0.05) is 19.4 Å². The quantitative estimate of drug-likeness (QED) is 0.653. The largest absolute Gasteiger partial charge is 0.466 e. The van der Waals surface area contributed by atoms with Gasteiger partial charge < -0.3 is 9.47 Å². The normalized spacial score (nSPS) is 9.64. The van der Waals surface area contributed by atoms with Crippen LogP contribution in [0.15, 0.2) is 18.5 Å². The molecule has 3 nitrogen and oxygen atoms in total. The van der Waals surface area contributed by atoms with E-state index in [1.165, 1.54) is 0 Å². The van der Waals surface area contributed by atoms with Gasteiger partial charge in [-0.05, 0) is 0 Å². The van der Waals surface area contributed by atoms with E-state index in [9.17, 15) is 0 Å². The number of rotatable bonds is 3. The van der Waals surface area contributed by atoms with Crippen molar-refractivity contribution < 1.29 is 9.47 Å². The summed E-state index contributed by atoms with van der Waals surface area (Å²) in [5, 5.41) is 0.554.